The third-order valence-electron chi connectivity index (χ3n) is 5.01. The maximum atomic E-state index is 13.4. The second-order valence-electron chi connectivity index (χ2n) is 6.96. The highest BCUT2D eigenvalue weighted by Gasteiger charge is 2.33. The van der Waals surface area contributed by atoms with Gasteiger partial charge in [-0.3, -0.25) is 9.59 Å². The van der Waals surface area contributed by atoms with E-state index in [-0.39, 0.29) is 29.5 Å². The molecule has 9 heteroatoms. The van der Waals surface area contributed by atoms with Crippen LogP contribution < -0.4 is 20.3 Å². The van der Waals surface area contributed by atoms with E-state index in [4.69, 9.17) is 9.47 Å². The topological polar surface area (TPSA) is 93.3 Å². The van der Waals surface area contributed by atoms with E-state index in [1.807, 2.05) is 0 Å². The number of aromatic amines is 1. The molecule has 1 aliphatic rings. The molecule has 0 radical (unpaired) electrons. The number of halogens is 1. The summed E-state index contributed by atoms with van der Waals surface area (Å²) in [6.07, 6.45) is 0.0804. The molecule has 0 fully saturated rings. The van der Waals surface area contributed by atoms with Gasteiger partial charge in [-0.1, -0.05) is 23.9 Å². The molecule has 1 amide bonds. The molecule has 1 atom stereocenters. The van der Waals surface area contributed by atoms with Gasteiger partial charge in [0.2, 0.25) is 5.91 Å². The van der Waals surface area contributed by atoms with E-state index in [9.17, 15) is 14.0 Å². The van der Waals surface area contributed by atoms with Crippen LogP contribution in [0.2, 0.25) is 0 Å². The molecule has 2 N–H and O–H groups in total. The number of hydrogen-bond acceptors (Lipinski definition) is 6. The van der Waals surface area contributed by atoms with E-state index in [0.29, 0.717) is 33.5 Å². The van der Waals surface area contributed by atoms with Gasteiger partial charge in [0.05, 0.1) is 19.8 Å². The normalized spacial score (nSPS) is 15.2. The van der Waals surface area contributed by atoms with Gasteiger partial charge in [0.15, 0.2) is 5.16 Å². The van der Waals surface area contributed by atoms with Gasteiger partial charge in [-0.15, -0.1) is 0 Å². The summed E-state index contributed by atoms with van der Waals surface area (Å²) in [5, 5.41) is 3.04. The Morgan fingerprint density at radius 1 is 1.16 bits per heavy atom. The first-order valence-electron chi connectivity index (χ1n) is 9.51. The van der Waals surface area contributed by atoms with E-state index in [1.54, 1.807) is 37.4 Å². The van der Waals surface area contributed by atoms with E-state index in [1.165, 1.54) is 31.0 Å². The zero-order valence-electron chi connectivity index (χ0n) is 16.9. The van der Waals surface area contributed by atoms with Crippen LogP contribution in [0, 0.1) is 5.82 Å². The number of H-pyrrole nitrogens is 1. The maximum Gasteiger partial charge on any atom is 0.257 e. The Labute approximate surface area is 182 Å². The zero-order chi connectivity index (χ0) is 22.0. The Kier molecular flexibility index (Phi) is 5.94. The van der Waals surface area contributed by atoms with Crippen molar-refractivity contribution in [3.8, 4) is 11.5 Å². The second kappa shape index (κ2) is 8.81. The van der Waals surface area contributed by atoms with Crippen molar-refractivity contribution in [3.63, 3.8) is 0 Å². The fourth-order valence-corrected chi connectivity index (χ4v) is 4.38. The number of thioether (sulfide) groups is 1. The lowest BCUT2D eigenvalue weighted by molar-refractivity contribution is -0.116. The maximum absolute atomic E-state index is 13.4. The van der Waals surface area contributed by atoms with Crippen molar-refractivity contribution in [2.24, 2.45) is 0 Å². The van der Waals surface area contributed by atoms with Crippen molar-refractivity contribution in [2.75, 3.05) is 19.5 Å². The minimum absolute atomic E-state index is 0.0804. The molecular formula is C22H20FN3O4S. The van der Waals surface area contributed by atoms with Gasteiger partial charge in [-0.25, -0.2) is 9.37 Å². The third kappa shape index (κ3) is 4.41. The standard InChI is InChI=1S/C22H20FN3O4S/c1-29-14-6-7-17(30-2)15(9-14)16-10-18(27)24-20-19(16)21(28)26-22(25-20)31-11-12-4-3-5-13(23)8-12/h3-9,16H,10-11H2,1-2H3,(H2,24,25,26,27,28)/t16-/m0/s1. The molecule has 1 aromatic heterocycles. The predicted molar refractivity (Wildman–Crippen MR) is 115 cm³/mol. The molecule has 160 valence electrons. The van der Waals surface area contributed by atoms with Crippen LogP contribution in [0.4, 0.5) is 10.2 Å². The summed E-state index contributed by atoms with van der Waals surface area (Å²) >= 11 is 1.25. The van der Waals surface area contributed by atoms with E-state index in [2.05, 4.69) is 15.3 Å². The van der Waals surface area contributed by atoms with Crippen LogP contribution in [0.1, 0.15) is 29.0 Å². The first-order valence-corrected chi connectivity index (χ1v) is 10.5. The number of aromatic nitrogens is 2. The number of anilines is 1. The molecule has 0 saturated carbocycles. The Morgan fingerprint density at radius 2 is 2.00 bits per heavy atom. The van der Waals surface area contributed by atoms with Crippen molar-refractivity contribution in [1.82, 2.24) is 9.97 Å². The molecule has 0 unspecified atom stereocenters. The van der Waals surface area contributed by atoms with Gasteiger partial charge < -0.3 is 19.8 Å². The number of carbonyl (C=O) groups is 1. The number of methoxy groups -OCH3 is 2. The number of nitrogens with one attached hydrogen (secondary N) is 2. The largest absolute Gasteiger partial charge is 0.497 e. The van der Waals surface area contributed by atoms with E-state index < -0.39 is 5.92 Å². The van der Waals surface area contributed by atoms with Crippen molar-refractivity contribution in [2.45, 2.75) is 23.2 Å². The first kappa shape index (κ1) is 20.9. The third-order valence-corrected chi connectivity index (χ3v) is 5.95. The lowest BCUT2D eigenvalue weighted by atomic mass is 9.86. The summed E-state index contributed by atoms with van der Waals surface area (Å²) < 4.78 is 24.2. The first-order chi connectivity index (χ1) is 15.0. The lowest BCUT2D eigenvalue weighted by Gasteiger charge is -2.26. The molecule has 0 aliphatic carbocycles. The summed E-state index contributed by atoms with van der Waals surface area (Å²) in [7, 11) is 3.08. The lowest BCUT2D eigenvalue weighted by Crippen LogP contribution is -2.31. The van der Waals surface area contributed by atoms with Gasteiger partial charge >= 0.3 is 0 Å². The molecule has 0 spiro atoms. The highest BCUT2D eigenvalue weighted by atomic mass is 32.2. The van der Waals surface area contributed by atoms with Gasteiger partial charge in [0, 0.05) is 23.7 Å². The number of fused-ring (bicyclic) bond motifs is 1. The Hall–Kier alpha value is -3.33. The number of amides is 1. The molecule has 2 aromatic carbocycles. The van der Waals surface area contributed by atoms with E-state index >= 15 is 0 Å². The van der Waals surface area contributed by atoms with Crippen molar-refractivity contribution >= 4 is 23.5 Å². The monoisotopic (exact) mass is 441 g/mol. The quantitative estimate of drug-likeness (QED) is 0.448. The minimum Gasteiger partial charge on any atom is -0.497 e. The van der Waals surface area contributed by atoms with Gasteiger partial charge in [-0.2, -0.15) is 0 Å². The van der Waals surface area contributed by atoms with Crippen molar-refractivity contribution < 1.29 is 18.7 Å². The van der Waals surface area contributed by atoms with Crippen LogP contribution in [0.5, 0.6) is 11.5 Å². The molecule has 0 saturated heterocycles. The van der Waals surface area contributed by atoms with Crippen LogP contribution in [-0.2, 0) is 10.5 Å². The van der Waals surface area contributed by atoms with Crippen LogP contribution in [-0.4, -0.2) is 30.1 Å². The van der Waals surface area contributed by atoms with Gasteiger partial charge in [0.25, 0.3) is 5.56 Å². The molecule has 1 aliphatic heterocycles. The smallest absolute Gasteiger partial charge is 0.257 e. The number of ether oxygens (including phenoxy) is 2. The second-order valence-corrected chi connectivity index (χ2v) is 7.93. The average Bonchev–Trinajstić information content (AvgIpc) is 2.76. The fraction of sp³-hybridized carbons (Fsp3) is 0.227. The summed E-state index contributed by atoms with van der Waals surface area (Å²) in [5.74, 6) is 0.670. The summed E-state index contributed by atoms with van der Waals surface area (Å²) in [6, 6.07) is 11.5. The SMILES string of the molecule is COc1ccc(OC)c([C@@H]2CC(=O)Nc3nc(SCc4cccc(F)c4)[nH]c(=O)c32)c1. The Morgan fingerprint density at radius 3 is 2.74 bits per heavy atom. The molecule has 0 bridgehead atoms. The van der Waals surface area contributed by atoms with Crippen LogP contribution in [0.15, 0.2) is 52.4 Å². The molecule has 7 nitrogen and oxygen atoms in total. The number of carbonyl (C=O) groups excluding carboxylic acids is 1. The summed E-state index contributed by atoms with van der Waals surface area (Å²) in [4.78, 5) is 32.6. The molecule has 2 heterocycles. The number of benzene rings is 2. The number of rotatable bonds is 6. The molecular weight excluding hydrogens is 421 g/mol. The highest BCUT2D eigenvalue weighted by molar-refractivity contribution is 7.98. The average molecular weight is 441 g/mol. The highest BCUT2D eigenvalue weighted by Crippen LogP contribution is 2.40. The van der Waals surface area contributed by atoms with Crippen molar-refractivity contribution in [1.29, 1.82) is 0 Å². The summed E-state index contributed by atoms with van der Waals surface area (Å²) in [6.45, 7) is 0. The van der Waals surface area contributed by atoms with Crippen LogP contribution in [0.3, 0.4) is 0 Å². The minimum atomic E-state index is -0.535. The number of nitrogens with zero attached hydrogens (tertiary/aromatic N) is 1. The van der Waals surface area contributed by atoms with Gasteiger partial charge in [0.1, 0.15) is 23.1 Å². The van der Waals surface area contributed by atoms with E-state index in [0.717, 1.165) is 5.56 Å². The summed E-state index contributed by atoms with van der Waals surface area (Å²) in [5.41, 5.74) is 1.45. The van der Waals surface area contributed by atoms with Crippen LogP contribution >= 0.6 is 11.8 Å². The molecule has 31 heavy (non-hydrogen) atoms. The Bertz CT molecular complexity index is 1200. The number of hydrogen-bond donors (Lipinski definition) is 2. The Balaban J connectivity index is 1.70. The van der Waals surface area contributed by atoms with Crippen molar-refractivity contribution in [3.05, 3.63) is 75.3 Å². The fourth-order valence-electron chi connectivity index (χ4n) is 3.57. The van der Waals surface area contributed by atoms with Gasteiger partial charge in [-0.05, 0) is 35.9 Å². The zero-order valence-corrected chi connectivity index (χ0v) is 17.7. The molecule has 4 rings (SSSR count). The predicted octanol–water partition coefficient (Wildman–Crippen LogP) is 3.69. The van der Waals surface area contributed by atoms with Crippen LogP contribution in [0.25, 0.3) is 0 Å². The molecule has 3 aromatic rings.